The Kier molecular flexibility index (Phi) is 5.23. The number of Topliss-reactive ketones (excluding diaryl/α,β-unsaturated/α-hetero) is 1. The molecule has 0 aromatic heterocycles. The Hall–Kier alpha value is -2.14. The van der Waals surface area contributed by atoms with E-state index in [1.165, 1.54) is 44.6 Å². The molecule has 2 aromatic rings. The second-order valence-electron chi connectivity index (χ2n) is 6.64. The lowest BCUT2D eigenvalue weighted by Gasteiger charge is -2.22. The summed E-state index contributed by atoms with van der Waals surface area (Å²) in [6, 6.07) is 13.7. The normalized spacial score (nSPS) is 15.7. The van der Waals surface area contributed by atoms with Crippen molar-refractivity contribution in [3.63, 3.8) is 0 Å². The van der Waals surface area contributed by atoms with E-state index in [0.29, 0.717) is 17.2 Å². The molecule has 1 aliphatic rings. The predicted octanol–water partition coefficient (Wildman–Crippen LogP) is 4.74. The van der Waals surface area contributed by atoms with Crippen LogP contribution in [0, 0.1) is 0 Å². The third-order valence-electron chi connectivity index (χ3n) is 4.81. The van der Waals surface area contributed by atoms with Crippen molar-refractivity contribution in [3.05, 3.63) is 59.7 Å². The highest BCUT2D eigenvalue weighted by atomic mass is 32.2. The third-order valence-corrected chi connectivity index (χ3v) is 6.21. The van der Waals surface area contributed by atoms with Crippen LogP contribution < -0.4 is 4.72 Å². The Bertz CT molecular complexity index is 834. The van der Waals surface area contributed by atoms with Crippen molar-refractivity contribution in [1.82, 2.24) is 0 Å². The SMILES string of the molecule is CC(=O)c1ccc(NS(=O)(=O)c2ccc(C3CCCCC3)cc2)cc1. The number of anilines is 1. The quantitative estimate of drug-likeness (QED) is 0.786. The maximum absolute atomic E-state index is 12.5. The summed E-state index contributed by atoms with van der Waals surface area (Å²) in [5.41, 5.74) is 2.23. The monoisotopic (exact) mass is 357 g/mol. The Morgan fingerprint density at radius 3 is 2.08 bits per heavy atom. The van der Waals surface area contributed by atoms with Crippen LogP contribution in [0.1, 0.15) is 60.9 Å². The fraction of sp³-hybridized carbons (Fsp3) is 0.350. The molecule has 0 spiro atoms. The number of sulfonamides is 1. The van der Waals surface area contributed by atoms with Gasteiger partial charge in [-0.1, -0.05) is 31.4 Å². The van der Waals surface area contributed by atoms with Crippen molar-refractivity contribution in [2.45, 2.75) is 49.8 Å². The van der Waals surface area contributed by atoms with Crippen molar-refractivity contribution < 1.29 is 13.2 Å². The molecule has 0 atom stereocenters. The molecule has 0 radical (unpaired) electrons. The fourth-order valence-corrected chi connectivity index (χ4v) is 4.40. The molecular weight excluding hydrogens is 334 g/mol. The Morgan fingerprint density at radius 2 is 1.52 bits per heavy atom. The molecule has 1 aliphatic carbocycles. The van der Waals surface area contributed by atoms with Crippen LogP contribution >= 0.6 is 0 Å². The lowest BCUT2D eigenvalue weighted by atomic mass is 9.84. The van der Waals surface area contributed by atoms with Crippen LogP contribution in [0.15, 0.2) is 53.4 Å². The smallest absolute Gasteiger partial charge is 0.261 e. The highest BCUT2D eigenvalue weighted by Gasteiger charge is 2.18. The van der Waals surface area contributed by atoms with Crippen molar-refractivity contribution in [2.24, 2.45) is 0 Å². The van der Waals surface area contributed by atoms with Gasteiger partial charge in [0.1, 0.15) is 0 Å². The van der Waals surface area contributed by atoms with E-state index in [1.807, 2.05) is 12.1 Å². The number of nitrogens with one attached hydrogen (secondary N) is 1. The van der Waals surface area contributed by atoms with Gasteiger partial charge in [0.2, 0.25) is 0 Å². The zero-order chi connectivity index (χ0) is 17.9. The average molecular weight is 357 g/mol. The minimum absolute atomic E-state index is 0.0484. The van der Waals surface area contributed by atoms with Gasteiger partial charge in [-0.25, -0.2) is 8.42 Å². The number of carbonyl (C=O) groups excluding carboxylic acids is 1. The topological polar surface area (TPSA) is 63.2 Å². The third kappa shape index (κ3) is 4.28. The second-order valence-corrected chi connectivity index (χ2v) is 8.33. The van der Waals surface area contributed by atoms with Crippen LogP contribution in [0.3, 0.4) is 0 Å². The molecule has 1 N–H and O–H groups in total. The van der Waals surface area contributed by atoms with Crippen molar-refractivity contribution in [3.8, 4) is 0 Å². The Morgan fingerprint density at radius 1 is 0.920 bits per heavy atom. The molecular formula is C20H23NO3S. The van der Waals surface area contributed by atoms with Crippen LogP contribution in [-0.2, 0) is 10.0 Å². The van der Waals surface area contributed by atoms with Gasteiger partial charge >= 0.3 is 0 Å². The summed E-state index contributed by atoms with van der Waals surface area (Å²) in [5, 5.41) is 0. The highest BCUT2D eigenvalue weighted by molar-refractivity contribution is 7.92. The molecule has 0 saturated heterocycles. The maximum atomic E-state index is 12.5. The molecule has 0 aliphatic heterocycles. The van der Waals surface area contributed by atoms with Gasteiger partial charge in [-0.3, -0.25) is 9.52 Å². The van der Waals surface area contributed by atoms with Gasteiger partial charge in [-0.2, -0.15) is 0 Å². The number of ketones is 1. The van der Waals surface area contributed by atoms with Crippen molar-refractivity contribution in [1.29, 1.82) is 0 Å². The van der Waals surface area contributed by atoms with Gasteiger partial charge in [0, 0.05) is 11.3 Å². The largest absolute Gasteiger partial charge is 0.295 e. The maximum Gasteiger partial charge on any atom is 0.261 e. The van der Waals surface area contributed by atoms with E-state index in [1.54, 1.807) is 36.4 Å². The second kappa shape index (κ2) is 7.40. The molecule has 132 valence electrons. The molecule has 2 aromatic carbocycles. The van der Waals surface area contributed by atoms with Crippen LogP contribution in [0.4, 0.5) is 5.69 Å². The lowest BCUT2D eigenvalue weighted by molar-refractivity contribution is 0.101. The molecule has 3 rings (SSSR count). The zero-order valence-corrected chi connectivity index (χ0v) is 15.2. The van der Waals surface area contributed by atoms with E-state index in [4.69, 9.17) is 0 Å². The average Bonchev–Trinajstić information content (AvgIpc) is 2.63. The van der Waals surface area contributed by atoms with E-state index < -0.39 is 10.0 Å². The highest BCUT2D eigenvalue weighted by Crippen LogP contribution is 2.33. The molecule has 5 heteroatoms. The lowest BCUT2D eigenvalue weighted by Crippen LogP contribution is -2.13. The summed E-state index contributed by atoms with van der Waals surface area (Å²) in [5.74, 6) is 0.505. The molecule has 1 fully saturated rings. The summed E-state index contributed by atoms with van der Waals surface area (Å²) in [6.45, 7) is 1.48. The summed E-state index contributed by atoms with van der Waals surface area (Å²) in [6.07, 6.45) is 6.18. The summed E-state index contributed by atoms with van der Waals surface area (Å²) < 4.78 is 27.6. The fourth-order valence-electron chi connectivity index (χ4n) is 3.34. The van der Waals surface area contributed by atoms with Crippen LogP contribution in [0.25, 0.3) is 0 Å². The first kappa shape index (κ1) is 17.7. The first-order valence-electron chi connectivity index (χ1n) is 8.69. The van der Waals surface area contributed by atoms with Crippen molar-refractivity contribution in [2.75, 3.05) is 4.72 Å². The number of hydrogen-bond donors (Lipinski definition) is 1. The Labute approximate surface area is 149 Å². The van der Waals surface area contributed by atoms with Gasteiger partial charge in [0.25, 0.3) is 10.0 Å². The number of carbonyl (C=O) groups is 1. The van der Waals surface area contributed by atoms with E-state index in [9.17, 15) is 13.2 Å². The van der Waals surface area contributed by atoms with E-state index in [2.05, 4.69) is 4.72 Å². The molecule has 0 unspecified atom stereocenters. The minimum atomic E-state index is -3.63. The number of hydrogen-bond acceptors (Lipinski definition) is 3. The van der Waals surface area contributed by atoms with Gasteiger partial charge in [-0.15, -0.1) is 0 Å². The number of benzene rings is 2. The first-order chi connectivity index (χ1) is 12.0. The van der Waals surface area contributed by atoms with Crippen LogP contribution in [0.2, 0.25) is 0 Å². The van der Waals surface area contributed by atoms with Crippen molar-refractivity contribution >= 4 is 21.5 Å². The van der Waals surface area contributed by atoms with E-state index in [0.717, 1.165) is 0 Å². The zero-order valence-electron chi connectivity index (χ0n) is 14.4. The summed E-state index contributed by atoms with van der Waals surface area (Å²) >= 11 is 0. The Balaban J connectivity index is 1.74. The summed E-state index contributed by atoms with van der Waals surface area (Å²) in [7, 11) is -3.63. The van der Waals surface area contributed by atoms with Crippen LogP contribution in [0.5, 0.6) is 0 Å². The van der Waals surface area contributed by atoms with E-state index >= 15 is 0 Å². The molecule has 4 nitrogen and oxygen atoms in total. The first-order valence-corrected chi connectivity index (χ1v) is 10.2. The van der Waals surface area contributed by atoms with Gasteiger partial charge in [0.15, 0.2) is 5.78 Å². The molecule has 1 saturated carbocycles. The van der Waals surface area contributed by atoms with Gasteiger partial charge < -0.3 is 0 Å². The number of rotatable bonds is 5. The standard InChI is InChI=1S/C20H23NO3S/c1-15(22)16-7-11-19(12-8-16)21-25(23,24)20-13-9-18(10-14-20)17-5-3-2-4-6-17/h7-14,17,21H,2-6H2,1H3. The predicted molar refractivity (Wildman–Crippen MR) is 99.5 cm³/mol. The molecule has 0 amide bonds. The molecule has 0 bridgehead atoms. The van der Waals surface area contributed by atoms with Gasteiger partial charge in [-0.05, 0) is 67.6 Å². The van der Waals surface area contributed by atoms with Crippen LogP contribution in [-0.4, -0.2) is 14.2 Å². The van der Waals surface area contributed by atoms with E-state index in [-0.39, 0.29) is 10.7 Å². The molecule has 25 heavy (non-hydrogen) atoms. The van der Waals surface area contributed by atoms with Gasteiger partial charge in [0.05, 0.1) is 4.90 Å². The minimum Gasteiger partial charge on any atom is -0.295 e. The molecule has 0 heterocycles. The summed E-state index contributed by atoms with van der Waals surface area (Å²) in [4.78, 5) is 11.5.